The molecule has 4 heteroatoms. The number of hydrogen-bond acceptors (Lipinski definition) is 2. The topological polar surface area (TPSA) is 63.4 Å². The highest BCUT2D eigenvalue weighted by Crippen LogP contribution is 2.31. The number of primary amides is 1. The van der Waals surface area contributed by atoms with Crippen LogP contribution in [0.5, 0.6) is 0 Å². The van der Waals surface area contributed by atoms with Crippen molar-refractivity contribution in [3.8, 4) is 0 Å². The second-order valence-electron chi connectivity index (χ2n) is 7.24. The predicted octanol–water partition coefficient (Wildman–Crippen LogP) is 3.89. The van der Waals surface area contributed by atoms with Gasteiger partial charge in [0.2, 0.25) is 5.91 Å². The Hall–Kier alpha value is -1.84. The van der Waals surface area contributed by atoms with Gasteiger partial charge in [0.1, 0.15) is 0 Å². The molecule has 3 rings (SSSR count). The lowest BCUT2D eigenvalue weighted by Crippen LogP contribution is -2.48. The third-order valence-electron chi connectivity index (χ3n) is 5.56. The molecule has 2 saturated carbocycles. The number of carbonyl (C=O) groups is 2. The maximum atomic E-state index is 13.3. The molecule has 0 heterocycles. The monoisotopic (exact) mass is 328 g/mol. The SMILES string of the molecule is NC(=O)c1cccc(C(=O)N(C2CCCCC2)C2CCCCC2)c1. The van der Waals surface area contributed by atoms with Gasteiger partial charge in [0, 0.05) is 23.2 Å². The summed E-state index contributed by atoms with van der Waals surface area (Å²) in [5.74, 6) is -0.400. The number of hydrogen-bond donors (Lipinski definition) is 1. The van der Waals surface area contributed by atoms with Crippen LogP contribution in [0.3, 0.4) is 0 Å². The Morgan fingerprint density at radius 1 is 0.833 bits per heavy atom. The van der Waals surface area contributed by atoms with Crippen LogP contribution in [-0.4, -0.2) is 28.8 Å². The van der Waals surface area contributed by atoms with Crippen LogP contribution in [0.1, 0.15) is 84.9 Å². The van der Waals surface area contributed by atoms with E-state index in [2.05, 4.69) is 4.90 Å². The molecule has 0 bridgehead atoms. The van der Waals surface area contributed by atoms with Gasteiger partial charge in [-0.25, -0.2) is 0 Å². The van der Waals surface area contributed by atoms with Gasteiger partial charge in [-0.15, -0.1) is 0 Å². The van der Waals surface area contributed by atoms with Crippen molar-refractivity contribution in [1.82, 2.24) is 4.90 Å². The standard InChI is InChI=1S/C20H28N2O2/c21-19(23)15-8-7-9-16(14-15)20(24)22(17-10-3-1-4-11-17)18-12-5-2-6-13-18/h7-9,14,17-18H,1-6,10-13H2,(H2,21,23). The maximum absolute atomic E-state index is 13.3. The summed E-state index contributed by atoms with van der Waals surface area (Å²) in [6, 6.07) is 7.60. The molecular formula is C20H28N2O2. The number of nitrogens with two attached hydrogens (primary N) is 1. The van der Waals surface area contributed by atoms with E-state index >= 15 is 0 Å². The maximum Gasteiger partial charge on any atom is 0.254 e. The fourth-order valence-electron chi connectivity index (χ4n) is 4.30. The van der Waals surface area contributed by atoms with Gasteiger partial charge >= 0.3 is 0 Å². The van der Waals surface area contributed by atoms with Crippen LogP contribution in [-0.2, 0) is 0 Å². The minimum atomic E-state index is -0.480. The average molecular weight is 328 g/mol. The van der Waals surface area contributed by atoms with Crippen molar-refractivity contribution in [1.29, 1.82) is 0 Å². The normalized spacial score (nSPS) is 19.8. The summed E-state index contributed by atoms with van der Waals surface area (Å²) in [4.78, 5) is 26.9. The molecule has 0 aromatic heterocycles. The van der Waals surface area contributed by atoms with E-state index in [-0.39, 0.29) is 5.91 Å². The molecule has 2 aliphatic carbocycles. The molecule has 2 N–H and O–H groups in total. The molecule has 1 aromatic carbocycles. The lowest BCUT2D eigenvalue weighted by molar-refractivity contribution is 0.0448. The van der Waals surface area contributed by atoms with Crippen molar-refractivity contribution in [3.05, 3.63) is 35.4 Å². The summed E-state index contributed by atoms with van der Waals surface area (Å²) in [6.45, 7) is 0. The molecule has 24 heavy (non-hydrogen) atoms. The molecule has 130 valence electrons. The first kappa shape index (κ1) is 17.0. The van der Waals surface area contributed by atoms with Crippen LogP contribution < -0.4 is 5.73 Å². The Labute approximate surface area is 144 Å². The summed E-state index contributed by atoms with van der Waals surface area (Å²) in [5, 5.41) is 0. The summed E-state index contributed by atoms with van der Waals surface area (Å²) in [5.41, 5.74) is 6.39. The third-order valence-corrected chi connectivity index (χ3v) is 5.56. The summed E-state index contributed by atoms with van der Waals surface area (Å²) in [7, 11) is 0. The zero-order chi connectivity index (χ0) is 16.9. The van der Waals surface area contributed by atoms with Crippen molar-refractivity contribution in [2.45, 2.75) is 76.3 Å². The lowest BCUT2D eigenvalue weighted by Gasteiger charge is -2.42. The van der Waals surface area contributed by atoms with Crippen LogP contribution in [0, 0.1) is 0 Å². The summed E-state index contributed by atoms with van der Waals surface area (Å²) < 4.78 is 0. The molecule has 0 saturated heterocycles. The Kier molecular flexibility index (Phi) is 5.54. The molecule has 0 spiro atoms. The zero-order valence-corrected chi connectivity index (χ0v) is 14.4. The van der Waals surface area contributed by atoms with E-state index in [0.717, 1.165) is 25.7 Å². The fraction of sp³-hybridized carbons (Fsp3) is 0.600. The number of rotatable bonds is 4. The largest absolute Gasteiger partial charge is 0.366 e. The van der Waals surface area contributed by atoms with Gasteiger partial charge in [0.25, 0.3) is 5.91 Å². The molecule has 4 nitrogen and oxygen atoms in total. The molecule has 1 aromatic rings. The Morgan fingerprint density at radius 2 is 1.33 bits per heavy atom. The van der Waals surface area contributed by atoms with E-state index in [0.29, 0.717) is 23.2 Å². The van der Waals surface area contributed by atoms with E-state index < -0.39 is 5.91 Å². The van der Waals surface area contributed by atoms with Crippen molar-refractivity contribution in [2.75, 3.05) is 0 Å². The number of carbonyl (C=O) groups excluding carboxylic acids is 2. The van der Waals surface area contributed by atoms with E-state index in [1.165, 1.54) is 38.5 Å². The summed E-state index contributed by atoms with van der Waals surface area (Å²) in [6.07, 6.45) is 11.8. The van der Waals surface area contributed by atoms with E-state index in [1.807, 2.05) is 6.07 Å². The Balaban J connectivity index is 1.87. The van der Waals surface area contributed by atoms with Gasteiger partial charge in [0.15, 0.2) is 0 Å². The summed E-state index contributed by atoms with van der Waals surface area (Å²) >= 11 is 0. The van der Waals surface area contributed by atoms with Gasteiger partial charge < -0.3 is 10.6 Å². The minimum Gasteiger partial charge on any atom is -0.366 e. The number of nitrogens with zero attached hydrogens (tertiary/aromatic N) is 1. The van der Waals surface area contributed by atoms with Gasteiger partial charge in [-0.2, -0.15) is 0 Å². The predicted molar refractivity (Wildman–Crippen MR) is 94.9 cm³/mol. The van der Waals surface area contributed by atoms with E-state index in [1.54, 1.807) is 18.2 Å². The van der Waals surface area contributed by atoms with Crippen LogP contribution in [0.15, 0.2) is 24.3 Å². The first-order valence-corrected chi connectivity index (χ1v) is 9.39. The van der Waals surface area contributed by atoms with Crippen molar-refractivity contribution in [3.63, 3.8) is 0 Å². The van der Waals surface area contributed by atoms with Crippen LogP contribution in [0.2, 0.25) is 0 Å². The molecule has 2 amide bonds. The second-order valence-corrected chi connectivity index (χ2v) is 7.24. The highest BCUT2D eigenvalue weighted by atomic mass is 16.2. The smallest absolute Gasteiger partial charge is 0.254 e. The molecule has 0 atom stereocenters. The van der Waals surface area contributed by atoms with Crippen LogP contribution in [0.25, 0.3) is 0 Å². The molecule has 0 radical (unpaired) electrons. The lowest BCUT2D eigenvalue weighted by atomic mass is 9.88. The Morgan fingerprint density at radius 3 is 1.83 bits per heavy atom. The van der Waals surface area contributed by atoms with Crippen molar-refractivity contribution < 1.29 is 9.59 Å². The third kappa shape index (κ3) is 3.80. The fourth-order valence-corrected chi connectivity index (χ4v) is 4.30. The highest BCUT2D eigenvalue weighted by molar-refractivity contribution is 5.99. The molecule has 0 aliphatic heterocycles. The van der Waals surface area contributed by atoms with Gasteiger partial charge in [-0.3, -0.25) is 9.59 Å². The van der Waals surface area contributed by atoms with Gasteiger partial charge in [-0.1, -0.05) is 44.6 Å². The molecular weight excluding hydrogens is 300 g/mol. The van der Waals surface area contributed by atoms with Crippen molar-refractivity contribution in [2.24, 2.45) is 5.73 Å². The quantitative estimate of drug-likeness (QED) is 0.911. The van der Waals surface area contributed by atoms with Gasteiger partial charge in [-0.05, 0) is 43.9 Å². The number of amides is 2. The average Bonchev–Trinajstić information content (AvgIpc) is 2.64. The molecule has 2 fully saturated rings. The van der Waals surface area contributed by atoms with E-state index in [9.17, 15) is 9.59 Å². The number of benzene rings is 1. The van der Waals surface area contributed by atoms with Gasteiger partial charge in [0.05, 0.1) is 0 Å². The Bertz CT molecular complexity index is 569. The highest BCUT2D eigenvalue weighted by Gasteiger charge is 2.33. The van der Waals surface area contributed by atoms with Crippen LogP contribution >= 0.6 is 0 Å². The first-order valence-electron chi connectivity index (χ1n) is 9.39. The molecule has 2 aliphatic rings. The molecule has 0 unspecified atom stereocenters. The minimum absolute atomic E-state index is 0.0805. The first-order chi connectivity index (χ1) is 11.7. The van der Waals surface area contributed by atoms with E-state index in [4.69, 9.17) is 5.73 Å². The second kappa shape index (κ2) is 7.82. The zero-order valence-electron chi connectivity index (χ0n) is 14.4. The van der Waals surface area contributed by atoms with Crippen LogP contribution in [0.4, 0.5) is 0 Å². The van der Waals surface area contributed by atoms with Crippen molar-refractivity contribution >= 4 is 11.8 Å².